The van der Waals surface area contributed by atoms with Gasteiger partial charge in [0.1, 0.15) is 6.04 Å². The van der Waals surface area contributed by atoms with E-state index in [2.05, 4.69) is 25.7 Å². The molecule has 0 spiro atoms. The van der Waals surface area contributed by atoms with Gasteiger partial charge in [0.2, 0.25) is 5.91 Å². The first-order chi connectivity index (χ1) is 19.0. The van der Waals surface area contributed by atoms with Crippen LogP contribution in [0.2, 0.25) is 10.0 Å². The number of aromatic nitrogens is 2. The minimum Gasteiger partial charge on any atom is -0.352 e. The smallest absolute Gasteiger partial charge is 0.312 e. The molecule has 3 heterocycles. The van der Waals surface area contributed by atoms with Gasteiger partial charge in [0, 0.05) is 35.9 Å². The molecule has 1 unspecified atom stereocenters. The lowest BCUT2D eigenvalue weighted by atomic mass is 10.0. The zero-order valence-electron chi connectivity index (χ0n) is 21.1. The number of hydrogen-bond acceptors (Lipinski definition) is 8. The maximum atomic E-state index is 13.8. The second-order valence-corrected chi connectivity index (χ2v) is 11.7. The number of amides is 2. The summed E-state index contributed by atoms with van der Waals surface area (Å²) >= 11 is 12.6. The molecule has 1 saturated carbocycles. The molecule has 2 aliphatic rings. The van der Waals surface area contributed by atoms with E-state index in [0.717, 1.165) is 12.8 Å². The largest absolute Gasteiger partial charge is 0.352 e. The third kappa shape index (κ3) is 5.94. The molecule has 2 aromatic heterocycles. The van der Waals surface area contributed by atoms with Crippen molar-refractivity contribution in [3.8, 4) is 0 Å². The number of nitrogens with zero attached hydrogens (tertiary/aromatic N) is 4. The number of carbonyl (C=O) groups excluding carboxylic acids is 2. The first kappa shape index (κ1) is 28.0. The van der Waals surface area contributed by atoms with Gasteiger partial charge in [-0.15, -0.1) is 0 Å². The Balaban J connectivity index is 1.50. The average Bonchev–Trinajstić information content (AvgIpc) is 3.64. The number of hydrazone groups is 1. The number of rotatable bonds is 8. The van der Waals surface area contributed by atoms with Crippen molar-refractivity contribution in [2.24, 2.45) is 11.0 Å². The van der Waals surface area contributed by atoms with Gasteiger partial charge in [0.15, 0.2) is 10.8 Å². The van der Waals surface area contributed by atoms with Crippen molar-refractivity contribution in [2.45, 2.75) is 37.3 Å². The summed E-state index contributed by atoms with van der Waals surface area (Å²) < 4.78 is 33.7. The molecule has 2 amide bonds. The minimum atomic E-state index is -4.69. The zero-order valence-corrected chi connectivity index (χ0v) is 23.5. The highest BCUT2D eigenvalue weighted by Gasteiger charge is 2.38. The van der Waals surface area contributed by atoms with Gasteiger partial charge in [-0.25, -0.2) is 15.0 Å². The fourth-order valence-corrected chi connectivity index (χ4v) is 5.52. The van der Waals surface area contributed by atoms with Crippen LogP contribution in [-0.2, 0) is 14.9 Å². The molecular weight excluding hydrogens is 579 g/mol. The van der Waals surface area contributed by atoms with E-state index in [4.69, 9.17) is 23.2 Å². The van der Waals surface area contributed by atoms with Crippen LogP contribution in [0.25, 0.3) is 0 Å². The van der Waals surface area contributed by atoms with Gasteiger partial charge in [-0.3, -0.25) is 14.1 Å². The Hall–Kier alpha value is -3.58. The zero-order chi connectivity index (χ0) is 28.6. The standard InChI is InChI=1S/C26H24Cl2N6O5S/c1-14-10-16(27)11-18(24(35)31-13-15-6-7-15)22(14)32-25(36)21-12-20(17-4-2-9-30-26(17)40(37,38)39)33-34(21)23-19(28)5-3-8-29-23/h2-5,8-11,15,21H,6-7,12-13H2,1H3,(H,31,35)(H,32,36)(H,37,38,39). The first-order valence-electron chi connectivity index (χ1n) is 12.3. The van der Waals surface area contributed by atoms with Gasteiger partial charge in [0.25, 0.3) is 5.91 Å². The fraction of sp³-hybridized carbons (Fsp3) is 0.269. The maximum absolute atomic E-state index is 13.8. The first-order valence-corrected chi connectivity index (χ1v) is 14.5. The van der Waals surface area contributed by atoms with Crippen molar-refractivity contribution in [3.05, 3.63) is 75.5 Å². The van der Waals surface area contributed by atoms with Crippen LogP contribution >= 0.6 is 23.2 Å². The summed E-state index contributed by atoms with van der Waals surface area (Å²) in [6, 6.07) is 8.18. The predicted molar refractivity (Wildman–Crippen MR) is 151 cm³/mol. The van der Waals surface area contributed by atoms with Crippen molar-refractivity contribution in [1.82, 2.24) is 15.3 Å². The summed E-state index contributed by atoms with van der Waals surface area (Å²) in [5, 5.41) is 11.5. The SMILES string of the molecule is Cc1cc(Cl)cc(C(=O)NCC2CC2)c1NC(=O)C1CC(c2cccnc2S(=O)(=O)O)=NN1c1ncccc1Cl. The second-order valence-electron chi connectivity index (χ2n) is 9.54. The van der Waals surface area contributed by atoms with Crippen LogP contribution in [0.15, 0.2) is 58.9 Å². The van der Waals surface area contributed by atoms with E-state index in [-0.39, 0.29) is 45.7 Å². The molecule has 0 radical (unpaired) electrons. The van der Waals surface area contributed by atoms with Crippen molar-refractivity contribution in [2.75, 3.05) is 16.9 Å². The normalized spacial score (nSPS) is 16.9. The molecule has 0 bridgehead atoms. The van der Waals surface area contributed by atoms with Crippen molar-refractivity contribution in [1.29, 1.82) is 0 Å². The highest BCUT2D eigenvalue weighted by atomic mass is 35.5. The summed E-state index contributed by atoms with van der Waals surface area (Å²) in [7, 11) is -4.69. The lowest BCUT2D eigenvalue weighted by Crippen LogP contribution is -2.40. The Bertz CT molecular complexity index is 1640. The number of halogens is 2. The van der Waals surface area contributed by atoms with E-state index in [0.29, 0.717) is 23.0 Å². The molecule has 0 saturated heterocycles. The third-order valence-corrected chi connectivity index (χ3v) is 7.86. The number of pyridine rings is 2. The number of aryl methyl sites for hydroxylation is 1. The monoisotopic (exact) mass is 602 g/mol. The average molecular weight is 603 g/mol. The highest BCUT2D eigenvalue weighted by Crippen LogP contribution is 2.33. The molecule has 1 aliphatic carbocycles. The molecule has 1 fully saturated rings. The number of hydrogen-bond donors (Lipinski definition) is 3. The predicted octanol–water partition coefficient (Wildman–Crippen LogP) is 4.10. The van der Waals surface area contributed by atoms with Crippen LogP contribution in [-0.4, -0.2) is 53.1 Å². The summed E-state index contributed by atoms with van der Waals surface area (Å²) in [6.45, 7) is 2.25. The number of anilines is 2. The number of nitrogens with one attached hydrogen (secondary N) is 2. The molecule has 1 aromatic carbocycles. The topological polar surface area (TPSA) is 154 Å². The highest BCUT2D eigenvalue weighted by molar-refractivity contribution is 7.85. The summed E-state index contributed by atoms with van der Waals surface area (Å²) in [5.41, 5.74) is 1.25. The van der Waals surface area contributed by atoms with Gasteiger partial charge in [-0.2, -0.15) is 13.5 Å². The molecule has 5 rings (SSSR count). The van der Waals surface area contributed by atoms with Gasteiger partial charge >= 0.3 is 10.1 Å². The molecule has 1 aliphatic heterocycles. The Labute approximate surface area is 240 Å². The van der Waals surface area contributed by atoms with E-state index >= 15 is 0 Å². The number of carbonyl (C=O) groups is 2. The van der Waals surface area contributed by atoms with Crippen molar-refractivity contribution >= 4 is 62.4 Å². The van der Waals surface area contributed by atoms with Gasteiger partial charge in [0.05, 0.1) is 22.0 Å². The second kappa shape index (κ2) is 11.1. The Morgan fingerprint density at radius 2 is 1.85 bits per heavy atom. The van der Waals surface area contributed by atoms with Gasteiger partial charge < -0.3 is 10.6 Å². The molecule has 14 heteroatoms. The summed E-state index contributed by atoms with van der Waals surface area (Å²) in [6.07, 6.45) is 4.74. The van der Waals surface area contributed by atoms with Crippen LogP contribution in [0.5, 0.6) is 0 Å². The van der Waals surface area contributed by atoms with Crippen LogP contribution in [0.1, 0.15) is 40.7 Å². The van der Waals surface area contributed by atoms with Crippen molar-refractivity contribution in [3.63, 3.8) is 0 Å². The molecule has 208 valence electrons. The molecule has 11 nitrogen and oxygen atoms in total. The minimum absolute atomic E-state index is 0.0279. The van der Waals surface area contributed by atoms with Crippen molar-refractivity contribution < 1.29 is 22.6 Å². The quantitative estimate of drug-likeness (QED) is 0.325. The Kier molecular flexibility index (Phi) is 7.78. The molecular formula is C26H24Cl2N6O5S. The molecule has 1 atom stereocenters. The van der Waals surface area contributed by atoms with E-state index in [1.807, 2.05) is 0 Å². The van der Waals surface area contributed by atoms with Crippen LogP contribution < -0.4 is 15.6 Å². The molecule has 40 heavy (non-hydrogen) atoms. The summed E-state index contributed by atoms with van der Waals surface area (Å²) in [4.78, 5) is 34.9. The van der Waals surface area contributed by atoms with Gasteiger partial charge in [-0.1, -0.05) is 23.2 Å². The van der Waals surface area contributed by atoms with Gasteiger partial charge in [-0.05, 0) is 67.6 Å². The number of benzene rings is 1. The molecule has 3 aromatic rings. The maximum Gasteiger partial charge on any atom is 0.312 e. The molecule has 3 N–H and O–H groups in total. The van der Waals surface area contributed by atoms with Crippen LogP contribution in [0.4, 0.5) is 11.5 Å². The van der Waals surface area contributed by atoms with E-state index < -0.39 is 27.1 Å². The van der Waals surface area contributed by atoms with E-state index in [9.17, 15) is 22.6 Å². The van der Waals surface area contributed by atoms with Crippen LogP contribution in [0, 0.1) is 12.8 Å². The Morgan fingerprint density at radius 3 is 2.55 bits per heavy atom. The van der Waals surface area contributed by atoms with Crippen LogP contribution in [0.3, 0.4) is 0 Å². The lowest BCUT2D eigenvalue weighted by Gasteiger charge is -2.23. The van der Waals surface area contributed by atoms with E-state index in [1.54, 1.807) is 25.1 Å². The Morgan fingerprint density at radius 1 is 1.12 bits per heavy atom. The third-order valence-electron chi connectivity index (χ3n) is 6.54. The summed E-state index contributed by atoms with van der Waals surface area (Å²) in [5.74, 6) is -0.312. The fourth-order valence-electron chi connectivity index (χ4n) is 4.38. The lowest BCUT2D eigenvalue weighted by molar-refractivity contribution is -0.117. The van der Waals surface area contributed by atoms with E-state index in [1.165, 1.54) is 35.6 Å².